The fourth-order valence-corrected chi connectivity index (χ4v) is 3.75. The number of hydrazone groups is 1. The van der Waals surface area contributed by atoms with Crippen molar-refractivity contribution >= 4 is 40.5 Å². The molecule has 0 saturated carbocycles. The number of aromatic hydroxyl groups is 1. The number of hydrogen-bond donors (Lipinski definition) is 3. The summed E-state index contributed by atoms with van der Waals surface area (Å²) in [4.78, 5) is 15.8. The molecule has 4 aromatic rings. The van der Waals surface area contributed by atoms with Gasteiger partial charge in [0, 0.05) is 24.3 Å². The average Bonchev–Trinajstić information content (AvgIpc) is 3.36. The fraction of sp³-hybridized carbons (Fsp3) is 0.167. The Morgan fingerprint density at radius 3 is 2.44 bits per heavy atom. The number of phenols is 1. The Bertz CT molecular complexity index is 1250. The molecule has 1 saturated heterocycles. The summed E-state index contributed by atoms with van der Waals surface area (Å²) in [6, 6.07) is 21.1. The van der Waals surface area contributed by atoms with Crippen LogP contribution in [0.2, 0.25) is 0 Å². The molecule has 32 heavy (non-hydrogen) atoms. The van der Waals surface area contributed by atoms with E-state index in [0.29, 0.717) is 23.4 Å². The predicted molar refractivity (Wildman–Crippen MR) is 128 cm³/mol. The summed E-state index contributed by atoms with van der Waals surface area (Å²) in [5.41, 5.74) is 4.43. The molecule has 3 N–H and O–H groups in total. The van der Waals surface area contributed by atoms with Gasteiger partial charge in [-0.25, -0.2) is 5.43 Å². The normalized spacial score (nSPS) is 13.7. The van der Waals surface area contributed by atoms with E-state index in [4.69, 9.17) is 0 Å². The first-order valence-corrected chi connectivity index (χ1v) is 10.6. The fourth-order valence-electron chi connectivity index (χ4n) is 3.75. The van der Waals surface area contributed by atoms with Gasteiger partial charge in [-0.05, 0) is 41.8 Å². The summed E-state index contributed by atoms with van der Waals surface area (Å²) in [5.74, 6) is 1.55. The van der Waals surface area contributed by atoms with Crippen molar-refractivity contribution in [2.75, 3.05) is 28.7 Å². The van der Waals surface area contributed by atoms with Crippen molar-refractivity contribution in [2.45, 2.75) is 12.8 Å². The van der Waals surface area contributed by atoms with Crippen LogP contribution in [0.25, 0.3) is 10.8 Å². The molecule has 1 aliphatic heterocycles. The molecule has 0 amide bonds. The first kappa shape index (κ1) is 19.7. The summed E-state index contributed by atoms with van der Waals surface area (Å²) < 4.78 is 0. The van der Waals surface area contributed by atoms with E-state index in [0.717, 1.165) is 42.4 Å². The largest absolute Gasteiger partial charge is 0.507 e. The van der Waals surface area contributed by atoms with E-state index < -0.39 is 0 Å². The molecule has 0 radical (unpaired) electrons. The highest BCUT2D eigenvalue weighted by Gasteiger charge is 2.17. The molecule has 0 spiro atoms. The molecule has 8 heteroatoms. The van der Waals surface area contributed by atoms with Crippen LogP contribution in [0.15, 0.2) is 71.8 Å². The average molecular weight is 425 g/mol. The number of para-hydroxylation sites is 1. The lowest BCUT2D eigenvalue weighted by molar-refractivity contribution is 0.475. The lowest BCUT2D eigenvalue weighted by atomic mass is 10.0. The molecule has 160 valence electrons. The minimum Gasteiger partial charge on any atom is -0.507 e. The van der Waals surface area contributed by atoms with Crippen LogP contribution < -0.4 is 15.6 Å². The smallest absolute Gasteiger partial charge is 0.250 e. The Balaban J connectivity index is 1.43. The maximum Gasteiger partial charge on any atom is 0.250 e. The van der Waals surface area contributed by atoms with Gasteiger partial charge < -0.3 is 15.3 Å². The van der Waals surface area contributed by atoms with Crippen LogP contribution in [0, 0.1) is 0 Å². The van der Waals surface area contributed by atoms with Gasteiger partial charge >= 0.3 is 0 Å². The Kier molecular flexibility index (Phi) is 5.48. The van der Waals surface area contributed by atoms with Gasteiger partial charge in [-0.2, -0.15) is 20.1 Å². The maximum atomic E-state index is 10.3. The lowest BCUT2D eigenvalue weighted by Gasteiger charge is -2.16. The first-order chi connectivity index (χ1) is 15.8. The van der Waals surface area contributed by atoms with Gasteiger partial charge in [-0.3, -0.25) is 0 Å². The number of aromatic nitrogens is 3. The highest BCUT2D eigenvalue weighted by molar-refractivity contribution is 6.02. The topological polar surface area (TPSA) is 98.6 Å². The minimum absolute atomic E-state index is 0.161. The molecular weight excluding hydrogens is 402 g/mol. The quantitative estimate of drug-likeness (QED) is 0.309. The minimum atomic E-state index is 0.161. The molecule has 0 bridgehead atoms. The lowest BCUT2D eigenvalue weighted by Crippen LogP contribution is -2.21. The van der Waals surface area contributed by atoms with Crippen LogP contribution in [0.3, 0.4) is 0 Å². The molecule has 1 aliphatic rings. The standard InChI is InChI=1S/C24H23N7O/c32-21-13-12-17-8-4-5-11-19(17)20(21)16-25-30-23-27-22(26-18-9-2-1-3-10-18)28-24(29-23)31-14-6-7-15-31/h1-5,8-13,16,32H,6-7,14-15H2,(H2,26,27,28,29,30). The van der Waals surface area contributed by atoms with Crippen LogP contribution in [0.1, 0.15) is 18.4 Å². The van der Waals surface area contributed by atoms with Crippen LogP contribution in [-0.2, 0) is 0 Å². The Hall–Kier alpha value is -4.20. The van der Waals surface area contributed by atoms with Crippen LogP contribution in [0.4, 0.5) is 23.5 Å². The molecule has 1 fully saturated rings. The highest BCUT2D eigenvalue weighted by atomic mass is 16.3. The number of hydrogen-bond acceptors (Lipinski definition) is 8. The maximum absolute atomic E-state index is 10.3. The Morgan fingerprint density at radius 1 is 0.844 bits per heavy atom. The highest BCUT2D eigenvalue weighted by Crippen LogP contribution is 2.26. The number of benzene rings is 3. The third-order valence-corrected chi connectivity index (χ3v) is 5.35. The van der Waals surface area contributed by atoms with Crippen LogP contribution in [0.5, 0.6) is 5.75 Å². The summed E-state index contributed by atoms with van der Waals surface area (Å²) >= 11 is 0. The van der Waals surface area contributed by atoms with E-state index in [1.54, 1.807) is 12.3 Å². The number of rotatable bonds is 6. The van der Waals surface area contributed by atoms with Gasteiger partial charge in [0.1, 0.15) is 5.75 Å². The van der Waals surface area contributed by atoms with Crippen molar-refractivity contribution in [3.05, 3.63) is 72.3 Å². The van der Waals surface area contributed by atoms with Gasteiger partial charge in [-0.15, -0.1) is 0 Å². The van der Waals surface area contributed by atoms with E-state index in [9.17, 15) is 5.11 Å². The molecule has 2 heterocycles. The molecule has 1 aromatic heterocycles. The first-order valence-electron chi connectivity index (χ1n) is 10.6. The molecular formula is C24H23N7O. The summed E-state index contributed by atoms with van der Waals surface area (Å²) in [6.45, 7) is 1.84. The van der Waals surface area contributed by atoms with Gasteiger partial charge in [0.15, 0.2) is 0 Å². The summed E-state index contributed by atoms with van der Waals surface area (Å²) in [6.07, 6.45) is 3.82. The number of phenolic OH excluding ortho intramolecular Hbond substituents is 1. The molecule has 3 aromatic carbocycles. The zero-order valence-corrected chi connectivity index (χ0v) is 17.4. The zero-order valence-electron chi connectivity index (χ0n) is 17.4. The summed E-state index contributed by atoms with van der Waals surface area (Å²) in [5, 5.41) is 19.8. The van der Waals surface area contributed by atoms with Crippen molar-refractivity contribution in [1.29, 1.82) is 0 Å². The van der Waals surface area contributed by atoms with Crippen molar-refractivity contribution < 1.29 is 5.11 Å². The van der Waals surface area contributed by atoms with Crippen molar-refractivity contribution in [1.82, 2.24) is 15.0 Å². The van der Waals surface area contributed by atoms with Crippen molar-refractivity contribution in [3.8, 4) is 5.75 Å². The zero-order chi connectivity index (χ0) is 21.8. The number of nitrogens with one attached hydrogen (secondary N) is 2. The third kappa shape index (κ3) is 4.29. The Labute approximate surface area is 185 Å². The van der Waals surface area contributed by atoms with Crippen LogP contribution in [-0.4, -0.2) is 39.4 Å². The van der Waals surface area contributed by atoms with E-state index in [1.165, 1.54) is 0 Å². The molecule has 0 aliphatic carbocycles. The van der Waals surface area contributed by atoms with Gasteiger partial charge in [-0.1, -0.05) is 48.5 Å². The third-order valence-electron chi connectivity index (χ3n) is 5.35. The molecule has 0 atom stereocenters. The molecule has 8 nitrogen and oxygen atoms in total. The number of anilines is 4. The van der Waals surface area contributed by atoms with Gasteiger partial charge in [0.05, 0.1) is 6.21 Å². The number of nitrogens with zero attached hydrogens (tertiary/aromatic N) is 5. The van der Waals surface area contributed by atoms with E-state index in [2.05, 4.69) is 35.7 Å². The molecule has 5 rings (SSSR count). The second-order valence-corrected chi connectivity index (χ2v) is 7.56. The van der Waals surface area contributed by atoms with E-state index in [1.807, 2.05) is 60.7 Å². The predicted octanol–water partition coefficient (Wildman–Crippen LogP) is 4.52. The van der Waals surface area contributed by atoms with Crippen LogP contribution >= 0.6 is 0 Å². The monoisotopic (exact) mass is 425 g/mol. The second-order valence-electron chi connectivity index (χ2n) is 7.56. The Morgan fingerprint density at radius 2 is 1.59 bits per heavy atom. The van der Waals surface area contributed by atoms with Crippen molar-refractivity contribution in [3.63, 3.8) is 0 Å². The van der Waals surface area contributed by atoms with E-state index in [-0.39, 0.29) is 5.75 Å². The second kappa shape index (κ2) is 8.89. The summed E-state index contributed by atoms with van der Waals surface area (Å²) in [7, 11) is 0. The van der Waals surface area contributed by atoms with E-state index >= 15 is 0 Å². The number of fused-ring (bicyclic) bond motifs is 1. The van der Waals surface area contributed by atoms with Crippen molar-refractivity contribution in [2.24, 2.45) is 5.10 Å². The van der Waals surface area contributed by atoms with Gasteiger partial charge in [0.25, 0.3) is 0 Å². The van der Waals surface area contributed by atoms with Gasteiger partial charge in [0.2, 0.25) is 17.8 Å². The molecule has 0 unspecified atom stereocenters. The SMILES string of the molecule is Oc1ccc2ccccc2c1C=NNc1nc(Nc2ccccc2)nc(N2CCCC2)n1.